The van der Waals surface area contributed by atoms with Crippen molar-refractivity contribution in [3.05, 3.63) is 112 Å². The Morgan fingerprint density at radius 1 is 0.865 bits per heavy atom. The molecule has 1 unspecified atom stereocenters. The van der Waals surface area contributed by atoms with E-state index in [4.69, 9.17) is 21.1 Å². The molecule has 1 N–H and O–H groups in total. The molecule has 0 aromatic heterocycles. The largest absolute Gasteiger partial charge is 0.456 e. The maximum atomic E-state index is 13.3. The number of benzene rings is 4. The molecule has 37 heavy (non-hydrogen) atoms. The molecule has 0 amide bonds. The molecule has 0 bridgehead atoms. The van der Waals surface area contributed by atoms with E-state index >= 15 is 0 Å². The predicted octanol–water partition coefficient (Wildman–Crippen LogP) is 7.81. The van der Waals surface area contributed by atoms with Crippen LogP contribution in [0.1, 0.15) is 46.5 Å². The van der Waals surface area contributed by atoms with Gasteiger partial charge < -0.3 is 19.7 Å². The van der Waals surface area contributed by atoms with Crippen LogP contribution in [0.25, 0.3) is 0 Å². The van der Waals surface area contributed by atoms with Crippen LogP contribution in [-0.4, -0.2) is 19.1 Å². The molecular formula is C31H27ClN2O3. The maximum absolute atomic E-state index is 13.3. The standard InChI is InChI=1S/C31H27ClN2O3/c1-4-34(5-2)20-14-15-23-27(18-20)36-28-17-19(3)16-26(33-25-13-9-8-12-24(25)32)29(28)31(23)22-11-7-6-10-21(22)30(35)37-31/h6-18,33H,4-5H2,1-3H3. The van der Waals surface area contributed by atoms with E-state index in [1.54, 1.807) is 0 Å². The molecule has 0 fully saturated rings. The third-order valence-corrected chi connectivity index (χ3v) is 7.54. The van der Waals surface area contributed by atoms with Crippen LogP contribution in [0.3, 0.4) is 0 Å². The van der Waals surface area contributed by atoms with Gasteiger partial charge in [0.25, 0.3) is 0 Å². The first-order valence-corrected chi connectivity index (χ1v) is 12.9. The zero-order valence-corrected chi connectivity index (χ0v) is 21.7. The van der Waals surface area contributed by atoms with E-state index in [2.05, 4.69) is 30.1 Å². The van der Waals surface area contributed by atoms with Crippen LogP contribution in [0.5, 0.6) is 11.5 Å². The lowest BCUT2D eigenvalue weighted by Gasteiger charge is -2.38. The highest BCUT2D eigenvalue weighted by Crippen LogP contribution is 2.59. The summed E-state index contributed by atoms with van der Waals surface area (Å²) in [4.78, 5) is 15.6. The Hall–Kier alpha value is -3.96. The fraction of sp³-hybridized carbons (Fsp3) is 0.194. The molecule has 2 aliphatic heterocycles. The van der Waals surface area contributed by atoms with E-state index in [1.165, 1.54) is 0 Å². The van der Waals surface area contributed by atoms with Crippen molar-refractivity contribution in [2.45, 2.75) is 26.4 Å². The monoisotopic (exact) mass is 510 g/mol. The van der Waals surface area contributed by atoms with Gasteiger partial charge in [0.1, 0.15) is 11.5 Å². The number of nitrogens with one attached hydrogen (secondary N) is 1. The van der Waals surface area contributed by atoms with Crippen molar-refractivity contribution in [1.29, 1.82) is 0 Å². The minimum atomic E-state index is -1.17. The molecule has 2 aliphatic rings. The zero-order valence-electron chi connectivity index (χ0n) is 21.0. The number of hydrogen-bond donors (Lipinski definition) is 1. The van der Waals surface area contributed by atoms with E-state index < -0.39 is 5.60 Å². The molecule has 6 heteroatoms. The summed E-state index contributed by atoms with van der Waals surface area (Å²) < 4.78 is 13.0. The van der Waals surface area contributed by atoms with Crippen molar-refractivity contribution in [2.24, 2.45) is 0 Å². The summed E-state index contributed by atoms with van der Waals surface area (Å²) in [5.74, 6) is 0.963. The molecule has 0 saturated carbocycles. The third-order valence-electron chi connectivity index (χ3n) is 7.21. The van der Waals surface area contributed by atoms with Gasteiger partial charge in [-0.25, -0.2) is 4.79 Å². The first kappa shape index (κ1) is 23.4. The van der Waals surface area contributed by atoms with Gasteiger partial charge in [-0.15, -0.1) is 0 Å². The molecule has 2 heterocycles. The van der Waals surface area contributed by atoms with Crippen LogP contribution in [0.2, 0.25) is 5.02 Å². The number of hydrogen-bond acceptors (Lipinski definition) is 5. The molecule has 4 aromatic carbocycles. The molecule has 5 nitrogen and oxygen atoms in total. The lowest BCUT2D eigenvalue weighted by Crippen LogP contribution is -2.34. The first-order chi connectivity index (χ1) is 18.0. The van der Waals surface area contributed by atoms with Crippen LogP contribution < -0.4 is 15.0 Å². The predicted molar refractivity (Wildman–Crippen MR) is 148 cm³/mol. The lowest BCUT2D eigenvalue weighted by molar-refractivity contribution is 0.0227. The number of carbonyl (C=O) groups is 1. The van der Waals surface area contributed by atoms with Crippen molar-refractivity contribution in [3.63, 3.8) is 0 Å². The van der Waals surface area contributed by atoms with Gasteiger partial charge in [-0.1, -0.05) is 41.9 Å². The molecule has 0 radical (unpaired) electrons. The van der Waals surface area contributed by atoms with Gasteiger partial charge in [0.05, 0.1) is 27.5 Å². The number of halogens is 1. The molecule has 0 aliphatic carbocycles. The highest BCUT2D eigenvalue weighted by molar-refractivity contribution is 6.33. The van der Waals surface area contributed by atoms with Gasteiger partial charge in [-0.05, 0) is 68.8 Å². The Morgan fingerprint density at radius 3 is 2.41 bits per heavy atom. The number of fused-ring (bicyclic) bond motifs is 6. The summed E-state index contributed by atoms with van der Waals surface area (Å²) in [5, 5.41) is 4.10. The van der Waals surface area contributed by atoms with Gasteiger partial charge >= 0.3 is 5.97 Å². The van der Waals surface area contributed by atoms with Crippen molar-refractivity contribution < 1.29 is 14.3 Å². The van der Waals surface area contributed by atoms with Gasteiger partial charge in [-0.3, -0.25) is 0 Å². The van der Waals surface area contributed by atoms with Crippen LogP contribution in [0.4, 0.5) is 17.1 Å². The summed E-state index contributed by atoms with van der Waals surface area (Å²) in [5.41, 5.74) is 5.31. The van der Waals surface area contributed by atoms with Gasteiger partial charge in [0.2, 0.25) is 0 Å². The topological polar surface area (TPSA) is 50.8 Å². The Bertz CT molecular complexity index is 1550. The van der Waals surface area contributed by atoms with Crippen molar-refractivity contribution in [3.8, 4) is 11.5 Å². The number of anilines is 3. The highest BCUT2D eigenvalue weighted by atomic mass is 35.5. The van der Waals surface area contributed by atoms with E-state index in [1.807, 2.05) is 79.7 Å². The van der Waals surface area contributed by atoms with Crippen molar-refractivity contribution in [1.82, 2.24) is 0 Å². The molecule has 1 spiro atoms. The van der Waals surface area contributed by atoms with Crippen molar-refractivity contribution in [2.75, 3.05) is 23.3 Å². The number of carbonyl (C=O) groups excluding carboxylic acids is 1. The molecule has 4 aromatic rings. The second-order valence-corrected chi connectivity index (χ2v) is 9.77. The normalized spacial score (nSPS) is 16.9. The van der Waals surface area contributed by atoms with Gasteiger partial charge in [0, 0.05) is 36.0 Å². The molecule has 0 saturated heterocycles. The molecule has 1 atom stereocenters. The van der Waals surface area contributed by atoms with Gasteiger partial charge in [-0.2, -0.15) is 0 Å². The van der Waals surface area contributed by atoms with E-state index in [-0.39, 0.29) is 5.97 Å². The Kier molecular flexibility index (Phi) is 5.61. The first-order valence-electron chi connectivity index (χ1n) is 12.5. The zero-order chi connectivity index (χ0) is 25.7. The minimum Gasteiger partial charge on any atom is -0.456 e. The fourth-order valence-electron chi connectivity index (χ4n) is 5.53. The average Bonchev–Trinajstić information content (AvgIpc) is 3.18. The molecule has 6 rings (SSSR count). The fourth-order valence-corrected chi connectivity index (χ4v) is 5.71. The third kappa shape index (κ3) is 3.57. The number of rotatable bonds is 5. The van der Waals surface area contributed by atoms with Crippen LogP contribution in [0, 0.1) is 6.92 Å². The summed E-state index contributed by atoms with van der Waals surface area (Å²) in [6.07, 6.45) is 0. The summed E-state index contributed by atoms with van der Waals surface area (Å²) in [6.45, 7) is 8.03. The second kappa shape index (κ2) is 8.86. The SMILES string of the molecule is CCN(CC)c1ccc2c(c1)Oc1cc(C)cc(Nc3ccccc3Cl)c1C21OC(=O)c2ccccc21. The van der Waals surface area contributed by atoms with E-state index in [0.29, 0.717) is 22.1 Å². The summed E-state index contributed by atoms with van der Waals surface area (Å²) in [7, 11) is 0. The molecular weight excluding hydrogens is 484 g/mol. The number of esters is 1. The number of nitrogens with zero attached hydrogens (tertiary/aromatic N) is 1. The molecule has 186 valence electrons. The van der Waals surface area contributed by atoms with Crippen LogP contribution >= 0.6 is 11.6 Å². The van der Waals surface area contributed by atoms with Crippen LogP contribution in [0.15, 0.2) is 78.9 Å². The Balaban J connectivity index is 1.64. The highest BCUT2D eigenvalue weighted by Gasteiger charge is 2.54. The van der Waals surface area contributed by atoms with E-state index in [9.17, 15) is 4.79 Å². The van der Waals surface area contributed by atoms with Gasteiger partial charge in [0.15, 0.2) is 5.60 Å². The Labute approximate surface area is 221 Å². The summed E-state index contributed by atoms with van der Waals surface area (Å²) >= 11 is 6.52. The number of ether oxygens (including phenoxy) is 2. The number of aryl methyl sites for hydroxylation is 1. The van der Waals surface area contributed by atoms with Crippen LogP contribution in [-0.2, 0) is 10.3 Å². The smallest absolute Gasteiger partial charge is 0.340 e. The summed E-state index contributed by atoms with van der Waals surface area (Å²) in [6, 6.07) is 25.4. The second-order valence-electron chi connectivity index (χ2n) is 9.36. The maximum Gasteiger partial charge on any atom is 0.340 e. The number of para-hydroxylation sites is 1. The quantitative estimate of drug-likeness (QED) is 0.277. The van der Waals surface area contributed by atoms with Crippen molar-refractivity contribution >= 4 is 34.6 Å². The Morgan fingerprint density at radius 2 is 1.62 bits per heavy atom. The van der Waals surface area contributed by atoms with E-state index in [0.717, 1.165) is 52.4 Å². The average molecular weight is 511 g/mol. The minimum absolute atomic E-state index is 0.355. The lowest BCUT2D eigenvalue weighted by atomic mass is 9.76.